The SMILES string of the molecule is N#Cc1cc(S(=O)(=O)NC(=O)c2ccccc2Oc2cccc3[nH]ccc23)cnc1OCC1CCOCC1. The van der Waals surface area contributed by atoms with Crippen molar-refractivity contribution in [1.82, 2.24) is 14.7 Å². The molecule has 0 bridgehead atoms. The van der Waals surface area contributed by atoms with Gasteiger partial charge in [-0.15, -0.1) is 0 Å². The first-order chi connectivity index (χ1) is 18.4. The lowest BCUT2D eigenvalue weighted by molar-refractivity contribution is 0.0490. The highest BCUT2D eigenvalue weighted by atomic mass is 32.2. The zero-order chi connectivity index (χ0) is 26.5. The normalized spacial score (nSPS) is 14.1. The third-order valence-corrected chi connectivity index (χ3v) is 7.49. The van der Waals surface area contributed by atoms with E-state index in [2.05, 4.69) is 9.97 Å². The van der Waals surface area contributed by atoms with Gasteiger partial charge in [-0.2, -0.15) is 5.26 Å². The number of hydrogen-bond acceptors (Lipinski definition) is 8. The Labute approximate surface area is 219 Å². The number of amides is 1. The Morgan fingerprint density at radius 1 is 1.13 bits per heavy atom. The summed E-state index contributed by atoms with van der Waals surface area (Å²) in [4.78, 5) is 19.9. The summed E-state index contributed by atoms with van der Waals surface area (Å²) in [5, 5.41) is 10.4. The molecule has 0 saturated carbocycles. The standard InChI is InChI=1S/C27H24N4O6S/c28-15-19-14-20(16-30-27(19)36-17-18-9-12-35-13-10-18)38(33,34)31-26(32)22-4-1-2-6-25(22)37-24-7-3-5-23-21(24)8-11-29-23/h1-8,11,14,16,18,29H,9-10,12-13,17H2,(H,31,32). The van der Waals surface area contributed by atoms with Gasteiger partial charge in [0.05, 0.1) is 18.4 Å². The summed E-state index contributed by atoms with van der Waals surface area (Å²) in [6, 6.07) is 16.7. The second-order valence-electron chi connectivity index (χ2n) is 8.73. The van der Waals surface area contributed by atoms with E-state index >= 15 is 0 Å². The molecule has 1 amide bonds. The number of sulfonamides is 1. The van der Waals surface area contributed by atoms with Crippen LogP contribution >= 0.6 is 0 Å². The minimum Gasteiger partial charge on any atom is -0.476 e. The first kappa shape index (κ1) is 25.3. The van der Waals surface area contributed by atoms with Crippen molar-refractivity contribution < 1.29 is 27.4 Å². The Balaban J connectivity index is 1.33. The van der Waals surface area contributed by atoms with Crippen LogP contribution in [-0.4, -0.2) is 44.1 Å². The van der Waals surface area contributed by atoms with E-state index in [1.54, 1.807) is 36.5 Å². The van der Waals surface area contributed by atoms with Crippen LogP contribution in [0.2, 0.25) is 0 Å². The van der Waals surface area contributed by atoms with Crippen molar-refractivity contribution in [2.45, 2.75) is 17.7 Å². The van der Waals surface area contributed by atoms with Crippen LogP contribution in [0.5, 0.6) is 17.4 Å². The number of H-pyrrole nitrogens is 1. The van der Waals surface area contributed by atoms with E-state index in [-0.39, 0.29) is 33.6 Å². The largest absolute Gasteiger partial charge is 0.476 e. The molecule has 1 fully saturated rings. The second-order valence-corrected chi connectivity index (χ2v) is 10.4. The molecule has 1 saturated heterocycles. The Kier molecular flexibility index (Phi) is 7.26. The number of para-hydroxylation sites is 1. The summed E-state index contributed by atoms with van der Waals surface area (Å²) < 4.78 is 45.1. The number of nitrogens with zero attached hydrogens (tertiary/aromatic N) is 2. The lowest BCUT2D eigenvalue weighted by atomic mass is 10.0. The molecule has 38 heavy (non-hydrogen) atoms. The maximum Gasteiger partial charge on any atom is 0.268 e. The van der Waals surface area contributed by atoms with Crippen LogP contribution < -0.4 is 14.2 Å². The van der Waals surface area contributed by atoms with Crippen LogP contribution in [-0.2, 0) is 14.8 Å². The van der Waals surface area contributed by atoms with Gasteiger partial charge in [-0.3, -0.25) is 4.79 Å². The third kappa shape index (κ3) is 5.46. The molecule has 0 spiro atoms. The number of aromatic nitrogens is 2. The molecule has 5 rings (SSSR count). The first-order valence-corrected chi connectivity index (χ1v) is 13.4. The number of hydrogen-bond donors (Lipinski definition) is 2. The number of nitriles is 1. The molecule has 2 aromatic carbocycles. The van der Waals surface area contributed by atoms with E-state index in [1.807, 2.05) is 22.9 Å². The van der Waals surface area contributed by atoms with Gasteiger partial charge in [0.2, 0.25) is 5.88 Å². The molecular formula is C27H24N4O6S. The minimum absolute atomic E-state index is 0.0218. The van der Waals surface area contributed by atoms with Crippen LogP contribution in [0.15, 0.2) is 71.9 Å². The predicted octanol–water partition coefficient (Wildman–Crippen LogP) is 4.15. The molecule has 4 aromatic rings. The molecule has 0 radical (unpaired) electrons. The molecule has 10 nitrogen and oxygen atoms in total. The molecule has 2 N–H and O–H groups in total. The zero-order valence-electron chi connectivity index (χ0n) is 20.2. The average Bonchev–Trinajstić information content (AvgIpc) is 3.42. The van der Waals surface area contributed by atoms with Crippen LogP contribution in [0.1, 0.15) is 28.8 Å². The number of rotatable bonds is 8. The summed E-state index contributed by atoms with van der Waals surface area (Å²) >= 11 is 0. The fraction of sp³-hybridized carbons (Fsp3) is 0.222. The van der Waals surface area contributed by atoms with Crippen molar-refractivity contribution >= 4 is 26.8 Å². The maximum absolute atomic E-state index is 13.1. The van der Waals surface area contributed by atoms with Gasteiger partial charge in [-0.05, 0) is 55.2 Å². The lowest BCUT2D eigenvalue weighted by Gasteiger charge is -2.22. The van der Waals surface area contributed by atoms with E-state index in [0.717, 1.165) is 36.0 Å². The van der Waals surface area contributed by atoms with E-state index < -0.39 is 15.9 Å². The quantitative estimate of drug-likeness (QED) is 0.344. The molecule has 0 atom stereocenters. The number of fused-ring (bicyclic) bond motifs is 1. The topological polar surface area (TPSA) is 143 Å². The Bertz CT molecular complexity index is 1620. The van der Waals surface area contributed by atoms with Crippen LogP contribution in [0.4, 0.5) is 0 Å². The van der Waals surface area contributed by atoms with Gasteiger partial charge < -0.3 is 19.2 Å². The highest BCUT2D eigenvalue weighted by molar-refractivity contribution is 7.90. The van der Waals surface area contributed by atoms with Gasteiger partial charge >= 0.3 is 0 Å². The Morgan fingerprint density at radius 2 is 1.92 bits per heavy atom. The predicted molar refractivity (Wildman–Crippen MR) is 137 cm³/mol. The second kappa shape index (κ2) is 10.9. The number of aromatic amines is 1. The molecule has 2 aromatic heterocycles. The first-order valence-electron chi connectivity index (χ1n) is 12.0. The van der Waals surface area contributed by atoms with E-state index in [0.29, 0.717) is 25.6 Å². The summed E-state index contributed by atoms with van der Waals surface area (Å²) in [6.45, 7) is 1.65. The van der Waals surface area contributed by atoms with E-state index in [9.17, 15) is 18.5 Å². The van der Waals surface area contributed by atoms with Crippen molar-refractivity contribution in [3.05, 3.63) is 78.1 Å². The highest BCUT2D eigenvalue weighted by Gasteiger charge is 2.24. The van der Waals surface area contributed by atoms with Gasteiger partial charge in [-0.1, -0.05) is 18.2 Å². The fourth-order valence-electron chi connectivity index (χ4n) is 4.13. The third-order valence-electron chi connectivity index (χ3n) is 6.19. The Morgan fingerprint density at radius 3 is 2.74 bits per heavy atom. The number of benzene rings is 2. The van der Waals surface area contributed by atoms with Gasteiger partial charge in [-0.25, -0.2) is 18.1 Å². The maximum atomic E-state index is 13.1. The van der Waals surface area contributed by atoms with Crippen LogP contribution in [0, 0.1) is 17.2 Å². The summed E-state index contributed by atoms with van der Waals surface area (Å²) in [6.07, 6.45) is 4.51. The highest BCUT2D eigenvalue weighted by Crippen LogP contribution is 2.31. The van der Waals surface area contributed by atoms with E-state index in [4.69, 9.17) is 14.2 Å². The van der Waals surface area contributed by atoms with Crippen molar-refractivity contribution in [3.8, 4) is 23.4 Å². The number of carbonyl (C=O) groups is 1. The molecule has 0 aliphatic carbocycles. The minimum atomic E-state index is -4.35. The molecule has 3 heterocycles. The smallest absolute Gasteiger partial charge is 0.268 e. The van der Waals surface area contributed by atoms with Crippen LogP contribution in [0.25, 0.3) is 10.9 Å². The van der Waals surface area contributed by atoms with Crippen LogP contribution in [0.3, 0.4) is 0 Å². The van der Waals surface area contributed by atoms with Gasteiger partial charge in [0, 0.05) is 30.3 Å². The number of pyridine rings is 1. The van der Waals surface area contributed by atoms with Crippen molar-refractivity contribution in [3.63, 3.8) is 0 Å². The van der Waals surface area contributed by atoms with Crippen molar-refractivity contribution in [2.24, 2.45) is 5.92 Å². The zero-order valence-corrected chi connectivity index (χ0v) is 21.0. The number of ether oxygens (including phenoxy) is 3. The van der Waals surface area contributed by atoms with Gasteiger partial charge in [0.1, 0.15) is 28.0 Å². The van der Waals surface area contributed by atoms with Crippen molar-refractivity contribution in [1.29, 1.82) is 5.26 Å². The molecule has 0 unspecified atom stereocenters. The Hall–Kier alpha value is -4.40. The fourth-order valence-corrected chi connectivity index (χ4v) is 5.06. The van der Waals surface area contributed by atoms with E-state index in [1.165, 1.54) is 6.07 Å². The van der Waals surface area contributed by atoms with Gasteiger partial charge in [0.15, 0.2) is 0 Å². The molecule has 1 aliphatic heterocycles. The summed E-state index contributed by atoms with van der Waals surface area (Å²) in [7, 11) is -4.35. The summed E-state index contributed by atoms with van der Waals surface area (Å²) in [5.74, 6) is 0.112. The number of nitrogens with one attached hydrogen (secondary N) is 2. The lowest BCUT2D eigenvalue weighted by Crippen LogP contribution is -2.31. The monoisotopic (exact) mass is 532 g/mol. The summed E-state index contributed by atoms with van der Waals surface area (Å²) in [5.41, 5.74) is 0.831. The molecule has 194 valence electrons. The molecular weight excluding hydrogens is 508 g/mol. The molecule has 1 aliphatic rings. The van der Waals surface area contributed by atoms with Gasteiger partial charge in [0.25, 0.3) is 15.9 Å². The number of carbonyl (C=O) groups excluding carboxylic acids is 1. The van der Waals surface area contributed by atoms with Crippen molar-refractivity contribution in [2.75, 3.05) is 19.8 Å². The average molecular weight is 533 g/mol. The molecule has 11 heteroatoms.